The summed E-state index contributed by atoms with van der Waals surface area (Å²) >= 11 is 0. The fourth-order valence-electron chi connectivity index (χ4n) is 2.49. The minimum absolute atomic E-state index is 0.0513. The lowest BCUT2D eigenvalue weighted by atomic mass is 9.78. The van der Waals surface area contributed by atoms with Gasteiger partial charge in [-0.3, -0.25) is 4.79 Å². The summed E-state index contributed by atoms with van der Waals surface area (Å²) in [5.41, 5.74) is -1.39. The largest absolute Gasteiger partial charge is 0.480 e. The zero-order valence-electron chi connectivity index (χ0n) is 11.0. The first-order valence-corrected chi connectivity index (χ1v) is 6.32. The second kappa shape index (κ2) is 6.16. The molecule has 1 fully saturated rings. The summed E-state index contributed by atoms with van der Waals surface area (Å²) in [4.78, 5) is 22.6. The van der Waals surface area contributed by atoms with Crippen LogP contribution in [0.25, 0.3) is 0 Å². The van der Waals surface area contributed by atoms with E-state index in [-0.39, 0.29) is 12.3 Å². The van der Waals surface area contributed by atoms with Crippen molar-refractivity contribution in [2.45, 2.75) is 50.4 Å². The van der Waals surface area contributed by atoms with Crippen molar-refractivity contribution in [3.8, 4) is 0 Å². The van der Waals surface area contributed by atoms with Gasteiger partial charge >= 0.3 is 5.97 Å². The minimum Gasteiger partial charge on any atom is -0.480 e. The number of carboxylic acid groups (broad SMARTS) is 1. The van der Waals surface area contributed by atoms with Crippen molar-refractivity contribution in [1.29, 1.82) is 0 Å². The molecule has 6 heteroatoms. The molecular formula is C13H21NO5. The Hall–Kier alpha value is -1.40. The highest BCUT2D eigenvalue weighted by molar-refractivity contribution is 5.92. The Morgan fingerprint density at radius 3 is 2.47 bits per heavy atom. The first-order valence-electron chi connectivity index (χ1n) is 6.32. The smallest absolute Gasteiger partial charge is 0.329 e. The number of hydrogen-bond donors (Lipinski definition) is 4. The van der Waals surface area contributed by atoms with E-state index in [0.29, 0.717) is 19.3 Å². The molecule has 1 rings (SSSR count). The van der Waals surface area contributed by atoms with Gasteiger partial charge in [0.1, 0.15) is 5.54 Å². The Kier molecular flexibility index (Phi) is 5.08. The van der Waals surface area contributed by atoms with Gasteiger partial charge in [-0.2, -0.15) is 0 Å². The molecule has 0 bridgehead atoms. The van der Waals surface area contributed by atoms with E-state index in [1.54, 1.807) is 0 Å². The van der Waals surface area contributed by atoms with E-state index in [2.05, 4.69) is 11.9 Å². The third-order valence-corrected chi connectivity index (χ3v) is 3.64. The van der Waals surface area contributed by atoms with Gasteiger partial charge in [0, 0.05) is 0 Å². The number of aliphatic hydroxyl groups excluding tert-OH is 2. The number of carbonyl (C=O) groups excluding carboxylic acids is 1. The monoisotopic (exact) mass is 271 g/mol. The van der Waals surface area contributed by atoms with Gasteiger partial charge in [0.2, 0.25) is 5.91 Å². The maximum absolute atomic E-state index is 11.3. The lowest BCUT2D eigenvalue weighted by molar-refractivity contribution is -0.147. The molecule has 4 N–H and O–H groups in total. The van der Waals surface area contributed by atoms with Crippen LogP contribution >= 0.6 is 0 Å². The highest BCUT2D eigenvalue weighted by atomic mass is 16.4. The van der Waals surface area contributed by atoms with E-state index < -0.39 is 29.6 Å². The lowest BCUT2D eigenvalue weighted by Crippen LogP contribution is -2.53. The molecule has 1 saturated carbocycles. The molecule has 4 atom stereocenters. The Morgan fingerprint density at radius 2 is 2.00 bits per heavy atom. The molecule has 0 radical (unpaired) electrons. The number of nitrogens with one attached hydrogen (secondary N) is 1. The number of rotatable bonds is 5. The number of hydrogen-bond acceptors (Lipinski definition) is 4. The van der Waals surface area contributed by atoms with Crippen molar-refractivity contribution in [1.82, 2.24) is 5.32 Å². The molecule has 0 spiro atoms. The molecule has 0 aromatic heterocycles. The second-order valence-corrected chi connectivity index (χ2v) is 5.35. The van der Waals surface area contributed by atoms with Crippen LogP contribution in [0.1, 0.15) is 32.6 Å². The fraction of sp³-hybridized carbons (Fsp3) is 0.692. The highest BCUT2D eigenvalue weighted by Gasteiger charge is 2.39. The van der Waals surface area contributed by atoms with E-state index in [1.807, 2.05) is 0 Å². The van der Waals surface area contributed by atoms with Gasteiger partial charge in [0.25, 0.3) is 0 Å². The van der Waals surface area contributed by atoms with E-state index in [4.69, 9.17) is 0 Å². The maximum atomic E-state index is 11.3. The zero-order chi connectivity index (χ0) is 14.6. The summed E-state index contributed by atoms with van der Waals surface area (Å²) in [6.07, 6.45) is 1.09. The summed E-state index contributed by atoms with van der Waals surface area (Å²) in [7, 11) is 0. The minimum atomic E-state index is -1.39. The highest BCUT2D eigenvalue weighted by Crippen LogP contribution is 2.31. The lowest BCUT2D eigenvalue weighted by Gasteiger charge is -2.35. The van der Waals surface area contributed by atoms with Gasteiger partial charge < -0.3 is 20.6 Å². The van der Waals surface area contributed by atoms with E-state index in [9.17, 15) is 24.9 Å². The van der Waals surface area contributed by atoms with Crippen LogP contribution in [0.5, 0.6) is 0 Å². The molecule has 0 saturated heterocycles. The summed E-state index contributed by atoms with van der Waals surface area (Å²) in [5.74, 6) is -1.71. The van der Waals surface area contributed by atoms with E-state index in [1.165, 1.54) is 6.92 Å². The van der Waals surface area contributed by atoms with Gasteiger partial charge in [-0.05, 0) is 44.6 Å². The van der Waals surface area contributed by atoms with Crippen LogP contribution in [0.4, 0.5) is 0 Å². The summed E-state index contributed by atoms with van der Waals surface area (Å²) < 4.78 is 0. The molecule has 6 nitrogen and oxygen atoms in total. The van der Waals surface area contributed by atoms with Crippen LogP contribution in [-0.2, 0) is 9.59 Å². The second-order valence-electron chi connectivity index (χ2n) is 5.35. The molecule has 19 heavy (non-hydrogen) atoms. The topological polar surface area (TPSA) is 107 Å². The number of aliphatic hydroxyl groups is 2. The molecule has 1 aliphatic carbocycles. The maximum Gasteiger partial charge on any atom is 0.329 e. The molecule has 4 unspecified atom stereocenters. The van der Waals surface area contributed by atoms with E-state index in [0.717, 1.165) is 6.08 Å². The predicted octanol–water partition coefficient (Wildman–Crippen LogP) is 0.0439. The molecule has 0 aliphatic heterocycles. The zero-order valence-corrected chi connectivity index (χ0v) is 11.0. The molecule has 108 valence electrons. The molecular weight excluding hydrogens is 250 g/mol. The molecule has 0 aromatic carbocycles. The van der Waals surface area contributed by atoms with Crippen molar-refractivity contribution in [2.75, 3.05) is 0 Å². The average Bonchev–Trinajstić information content (AvgIpc) is 2.33. The Labute approximate surface area is 112 Å². The van der Waals surface area contributed by atoms with Crippen molar-refractivity contribution in [2.24, 2.45) is 5.92 Å². The Balaban J connectivity index is 2.71. The standard InChI is InChI=1S/C13H21NO5/c1-3-11(17)14-13(2,12(18)19)7-8-4-5-9(15)10(16)6-8/h3,8-10,15-16H,1,4-7H2,2H3,(H,14,17)(H,18,19). The van der Waals surface area contributed by atoms with Crippen LogP contribution < -0.4 is 5.32 Å². The number of carboxylic acids is 1. The van der Waals surface area contributed by atoms with Crippen LogP contribution in [-0.4, -0.2) is 44.9 Å². The van der Waals surface area contributed by atoms with Gasteiger partial charge in [-0.25, -0.2) is 4.79 Å². The van der Waals surface area contributed by atoms with Gasteiger partial charge in [-0.15, -0.1) is 0 Å². The van der Waals surface area contributed by atoms with Crippen LogP contribution in [0.3, 0.4) is 0 Å². The Bertz CT molecular complexity index is 370. The first kappa shape index (κ1) is 15.7. The molecule has 0 heterocycles. The number of carbonyl (C=O) groups is 2. The number of aliphatic carboxylic acids is 1. The van der Waals surface area contributed by atoms with Gasteiger partial charge in [-0.1, -0.05) is 6.58 Å². The van der Waals surface area contributed by atoms with Crippen LogP contribution in [0, 0.1) is 5.92 Å². The summed E-state index contributed by atoms with van der Waals surface area (Å²) in [6.45, 7) is 4.73. The third-order valence-electron chi connectivity index (χ3n) is 3.64. The van der Waals surface area contributed by atoms with Crippen molar-refractivity contribution in [3.05, 3.63) is 12.7 Å². The molecule has 0 aromatic rings. The van der Waals surface area contributed by atoms with Crippen LogP contribution in [0.2, 0.25) is 0 Å². The van der Waals surface area contributed by atoms with E-state index >= 15 is 0 Å². The quantitative estimate of drug-likeness (QED) is 0.528. The van der Waals surface area contributed by atoms with Crippen molar-refractivity contribution < 1.29 is 24.9 Å². The average molecular weight is 271 g/mol. The molecule has 1 amide bonds. The Morgan fingerprint density at radius 1 is 1.37 bits per heavy atom. The predicted molar refractivity (Wildman–Crippen MR) is 68.4 cm³/mol. The van der Waals surface area contributed by atoms with Gasteiger partial charge in [0.05, 0.1) is 12.2 Å². The SMILES string of the molecule is C=CC(=O)NC(C)(CC1CCC(O)C(O)C1)C(=O)O. The normalized spacial score (nSPS) is 30.2. The summed E-state index contributed by atoms with van der Waals surface area (Å²) in [5, 5.41) is 30.7. The van der Waals surface area contributed by atoms with Crippen LogP contribution in [0.15, 0.2) is 12.7 Å². The van der Waals surface area contributed by atoms with Crippen molar-refractivity contribution in [3.63, 3.8) is 0 Å². The van der Waals surface area contributed by atoms with Crippen molar-refractivity contribution >= 4 is 11.9 Å². The third kappa shape index (κ3) is 4.04. The van der Waals surface area contributed by atoms with Gasteiger partial charge in [0.15, 0.2) is 0 Å². The summed E-state index contributed by atoms with van der Waals surface area (Å²) in [6, 6.07) is 0. The fourth-order valence-corrected chi connectivity index (χ4v) is 2.49. The molecule has 1 aliphatic rings. The number of amides is 1. The first-order chi connectivity index (χ1) is 8.78.